The van der Waals surface area contributed by atoms with Crippen LogP contribution in [-0.4, -0.2) is 0 Å². The van der Waals surface area contributed by atoms with Crippen LogP contribution in [-0.2, 0) is 0 Å². The Balaban J connectivity index is 2.79. The van der Waals surface area contributed by atoms with Crippen LogP contribution in [0, 0.1) is 0 Å². The quantitative estimate of drug-likeness (QED) is 0.487. The zero-order chi connectivity index (χ0) is 8.36. The molecule has 0 aromatic rings. The monoisotopic (exact) mass is 158 g/mol. The van der Waals surface area contributed by atoms with Gasteiger partial charge in [0.2, 0.25) is 0 Å². The summed E-state index contributed by atoms with van der Waals surface area (Å²) in [6.07, 6.45) is 10.8. The predicted octanol–water partition coefficient (Wildman–Crippen LogP) is 4.22. The third-order valence-corrected chi connectivity index (χ3v) is 1.81. The molecule has 0 spiro atoms. The Labute approximate surface area is 69.5 Å². The molecule has 0 atom stereocenters. The smallest absolute Gasteiger partial charge is 0.0827 e. The normalized spacial score (nSPS) is 11.1. The third-order valence-electron chi connectivity index (χ3n) is 1.81. The van der Waals surface area contributed by atoms with Gasteiger partial charge in [-0.25, -0.2) is 4.39 Å². The molecular formula is C10H19F. The summed E-state index contributed by atoms with van der Waals surface area (Å²) in [5.74, 6) is 0. The average Bonchev–Trinajstić information content (AvgIpc) is 2.03. The lowest BCUT2D eigenvalue weighted by molar-refractivity contribution is 0.608. The van der Waals surface area contributed by atoms with E-state index in [2.05, 4.69) is 6.92 Å². The molecule has 11 heavy (non-hydrogen) atoms. The van der Waals surface area contributed by atoms with Gasteiger partial charge in [0.1, 0.15) is 0 Å². The van der Waals surface area contributed by atoms with E-state index in [9.17, 15) is 4.39 Å². The van der Waals surface area contributed by atoms with E-state index >= 15 is 0 Å². The number of rotatable bonds is 7. The second-order valence-corrected chi connectivity index (χ2v) is 2.92. The minimum Gasteiger partial charge on any atom is -0.216 e. The maximum absolute atomic E-state index is 11.4. The Bertz CT molecular complexity index is 86.9. The van der Waals surface area contributed by atoms with Gasteiger partial charge in [-0.05, 0) is 12.8 Å². The minimum atomic E-state index is 0.645. The van der Waals surface area contributed by atoms with Crippen LogP contribution in [0.25, 0.3) is 0 Å². The molecule has 66 valence electrons. The van der Waals surface area contributed by atoms with Gasteiger partial charge in [-0.2, -0.15) is 0 Å². The number of unbranched alkanes of at least 4 members (excludes halogenated alkanes) is 6. The van der Waals surface area contributed by atoms with Crippen molar-refractivity contribution in [3.8, 4) is 0 Å². The molecule has 0 radical (unpaired) electrons. The zero-order valence-corrected chi connectivity index (χ0v) is 7.48. The summed E-state index contributed by atoms with van der Waals surface area (Å²) in [6.45, 7) is 2.21. The van der Waals surface area contributed by atoms with Crippen molar-refractivity contribution in [1.29, 1.82) is 0 Å². The lowest BCUT2D eigenvalue weighted by Gasteiger charge is -1.96. The highest BCUT2D eigenvalue weighted by atomic mass is 19.1. The van der Waals surface area contributed by atoms with Crippen LogP contribution in [0.1, 0.15) is 51.9 Å². The number of allylic oxidation sites excluding steroid dienone is 1. The van der Waals surface area contributed by atoms with Crippen LogP contribution in [0.3, 0.4) is 0 Å². The van der Waals surface area contributed by atoms with Crippen molar-refractivity contribution in [2.45, 2.75) is 51.9 Å². The lowest BCUT2D eigenvalue weighted by Crippen LogP contribution is -1.77. The molecule has 0 fully saturated rings. The lowest BCUT2D eigenvalue weighted by atomic mass is 10.1. The standard InChI is InChI=1S/C10H19F/c1-2-3-4-5-6-7-8-9-10-11/h9-10H,2-8H2,1H3/b10-9+. The van der Waals surface area contributed by atoms with E-state index < -0.39 is 0 Å². The molecule has 0 N–H and O–H groups in total. The molecular weight excluding hydrogens is 139 g/mol. The van der Waals surface area contributed by atoms with Crippen LogP contribution in [0.4, 0.5) is 4.39 Å². The molecule has 0 aromatic carbocycles. The van der Waals surface area contributed by atoms with Gasteiger partial charge in [-0.15, -0.1) is 0 Å². The summed E-state index contributed by atoms with van der Waals surface area (Å²) in [5.41, 5.74) is 0. The Hall–Kier alpha value is -0.330. The molecule has 0 aliphatic carbocycles. The van der Waals surface area contributed by atoms with Crippen molar-refractivity contribution in [3.05, 3.63) is 12.4 Å². The summed E-state index contributed by atoms with van der Waals surface area (Å²) in [7, 11) is 0. The Morgan fingerprint density at radius 2 is 1.64 bits per heavy atom. The molecule has 0 aliphatic heterocycles. The van der Waals surface area contributed by atoms with Crippen molar-refractivity contribution >= 4 is 0 Å². The van der Waals surface area contributed by atoms with Crippen LogP contribution in [0.2, 0.25) is 0 Å². The largest absolute Gasteiger partial charge is 0.216 e. The van der Waals surface area contributed by atoms with Crippen molar-refractivity contribution in [3.63, 3.8) is 0 Å². The maximum atomic E-state index is 11.4. The summed E-state index contributed by atoms with van der Waals surface area (Å²) in [6, 6.07) is 0. The molecule has 0 unspecified atom stereocenters. The fraction of sp³-hybridized carbons (Fsp3) is 0.800. The highest BCUT2D eigenvalue weighted by Gasteiger charge is 1.87. The second-order valence-electron chi connectivity index (χ2n) is 2.92. The third kappa shape index (κ3) is 9.67. The Morgan fingerprint density at radius 3 is 2.27 bits per heavy atom. The first kappa shape index (κ1) is 10.7. The van der Waals surface area contributed by atoms with Gasteiger partial charge in [0.05, 0.1) is 6.33 Å². The predicted molar refractivity (Wildman–Crippen MR) is 48.2 cm³/mol. The average molecular weight is 158 g/mol. The molecule has 1 heteroatoms. The SMILES string of the molecule is CCCCCCCC/C=C/F. The topological polar surface area (TPSA) is 0 Å². The molecule has 0 heterocycles. The van der Waals surface area contributed by atoms with Gasteiger partial charge in [0.15, 0.2) is 0 Å². The van der Waals surface area contributed by atoms with Crippen molar-refractivity contribution < 1.29 is 4.39 Å². The Morgan fingerprint density at radius 1 is 1.00 bits per heavy atom. The van der Waals surface area contributed by atoms with E-state index in [1.165, 1.54) is 32.1 Å². The molecule has 0 saturated carbocycles. The van der Waals surface area contributed by atoms with E-state index in [1.807, 2.05) is 0 Å². The highest BCUT2D eigenvalue weighted by Crippen LogP contribution is 2.06. The van der Waals surface area contributed by atoms with E-state index in [0.717, 1.165) is 12.8 Å². The molecule has 0 amide bonds. The first-order valence-corrected chi connectivity index (χ1v) is 4.67. The highest BCUT2D eigenvalue weighted by molar-refractivity contribution is 4.71. The maximum Gasteiger partial charge on any atom is 0.0827 e. The first-order chi connectivity index (χ1) is 5.41. The minimum absolute atomic E-state index is 0.645. The van der Waals surface area contributed by atoms with Gasteiger partial charge in [0.25, 0.3) is 0 Å². The molecule has 0 saturated heterocycles. The number of halogens is 1. The molecule has 0 nitrogen and oxygen atoms in total. The summed E-state index contributed by atoms with van der Waals surface area (Å²) < 4.78 is 11.4. The van der Waals surface area contributed by atoms with Crippen molar-refractivity contribution in [2.75, 3.05) is 0 Å². The number of hydrogen-bond donors (Lipinski definition) is 0. The fourth-order valence-corrected chi connectivity index (χ4v) is 1.11. The molecule has 0 aromatic heterocycles. The summed E-state index contributed by atoms with van der Waals surface area (Å²) in [4.78, 5) is 0. The van der Waals surface area contributed by atoms with Crippen LogP contribution >= 0.6 is 0 Å². The van der Waals surface area contributed by atoms with E-state index in [1.54, 1.807) is 6.08 Å². The summed E-state index contributed by atoms with van der Waals surface area (Å²) in [5, 5.41) is 0. The molecule has 0 rings (SSSR count). The molecule has 0 bridgehead atoms. The van der Waals surface area contributed by atoms with Gasteiger partial charge in [0, 0.05) is 0 Å². The van der Waals surface area contributed by atoms with E-state index in [0.29, 0.717) is 6.33 Å². The van der Waals surface area contributed by atoms with Gasteiger partial charge in [-0.3, -0.25) is 0 Å². The van der Waals surface area contributed by atoms with Gasteiger partial charge < -0.3 is 0 Å². The summed E-state index contributed by atoms with van der Waals surface area (Å²) >= 11 is 0. The van der Waals surface area contributed by atoms with E-state index in [4.69, 9.17) is 0 Å². The second kappa shape index (κ2) is 9.67. The molecule has 0 aliphatic rings. The van der Waals surface area contributed by atoms with Crippen LogP contribution in [0.15, 0.2) is 12.4 Å². The number of hydrogen-bond acceptors (Lipinski definition) is 0. The zero-order valence-electron chi connectivity index (χ0n) is 7.48. The van der Waals surface area contributed by atoms with E-state index in [-0.39, 0.29) is 0 Å². The van der Waals surface area contributed by atoms with Crippen molar-refractivity contribution in [2.24, 2.45) is 0 Å². The van der Waals surface area contributed by atoms with Crippen LogP contribution in [0.5, 0.6) is 0 Å². The van der Waals surface area contributed by atoms with Crippen molar-refractivity contribution in [1.82, 2.24) is 0 Å². The fourth-order valence-electron chi connectivity index (χ4n) is 1.11. The Kier molecular flexibility index (Phi) is 9.38. The van der Waals surface area contributed by atoms with Gasteiger partial charge in [-0.1, -0.05) is 45.1 Å². The van der Waals surface area contributed by atoms with Crippen LogP contribution < -0.4 is 0 Å². The first-order valence-electron chi connectivity index (χ1n) is 4.67. The van der Waals surface area contributed by atoms with Gasteiger partial charge >= 0.3 is 0 Å².